The molecule has 0 bridgehead atoms. The van der Waals surface area contributed by atoms with Crippen molar-refractivity contribution >= 4 is 43.4 Å². The van der Waals surface area contributed by atoms with Crippen molar-refractivity contribution < 1.29 is 0 Å². The van der Waals surface area contributed by atoms with Gasteiger partial charge in [0, 0.05) is 27.5 Å². The van der Waals surface area contributed by atoms with Gasteiger partial charge in [-0.15, -0.1) is 0 Å². The van der Waals surface area contributed by atoms with Gasteiger partial charge in [-0.1, -0.05) is 152 Å². The van der Waals surface area contributed by atoms with Gasteiger partial charge < -0.3 is 0 Å². The van der Waals surface area contributed by atoms with Gasteiger partial charge in [-0.3, -0.25) is 0 Å². The minimum absolute atomic E-state index is 0.588. The normalized spacial score (nSPS) is 11.5. The molecule has 242 valence electrons. The lowest BCUT2D eigenvalue weighted by Crippen LogP contribution is -1.97. The molecule has 0 spiro atoms. The van der Waals surface area contributed by atoms with E-state index in [2.05, 4.69) is 133 Å². The van der Waals surface area contributed by atoms with Crippen LogP contribution in [0.3, 0.4) is 0 Å². The lowest BCUT2D eigenvalue weighted by molar-refractivity contribution is 1.16. The Labute approximate surface area is 300 Å². The predicted molar refractivity (Wildman–Crippen MR) is 215 cm³/mol. The SMILES string of the molecule is c1ccc(-c2cc(-c3ccccc3)nc(-c3ccc4ccc(-c5ccc6ccc(-c7cccc8ccc9ccccc9c78)cc6n5)cc4n3)n2)cc1. The maximum absolute atomic E-state index is 5.20. The Kier molecular flexibility index (Phi) is 7.10. The van der Waals surface area contributed by atoms with Gasteiger partial charge in [-0.05, 0) is 63.0 Å². The van der Waals surface area contributed by atoms with Crippen LogP contribution >= 0.6 is 0 Å². The fourth-order valence-corrected chi connectivity index (χ4v) is 7.22. The zero-order valence-corrected chi connectivity index (χ0v) is 28.1. The molecule has 0 saturated carbocycles. The average molecular weight is 663 g/mol. The molecule has 0 fully saturated rings. The van der Waals surface area contributed by atoms with Crippen LogP contribution in [0.5, 0.6) is 0 Å². The highest BCUT2D eigenvalue weighted by Crippen LogP contribution is 2.36. The fraction of sp³-hybridized carbons (Fsp3) is 0. The van der Waals surface area contributed by atoms with Gasteiger partial charge in [0.2, 0.25) is 0 Å². The second-order valence-electron chi connectivity index (χ2n) is 13.1. The Morgan fingerprint density at radius 1 is 0.288 bits per heavy atom. The molecule has 0 saturated heterocycles. The molecule has 4 heteroatoms. The van der Waals surface area contributed by atoms with Crippen LogP contribution < -0.4 is 0 Å². The minimum atomic E-state index is 0.588. The Bertz CT molecular complexity index is 2900. The highest BCUT2D eigenvalue weighted by Gasteiger charge is 2.14. The molecular formula is C48H30N4. The molecule has 7 aromatic carbocycles. The summed E-state index contributed by atoms with van der Waals surface area (Å²) in [5.74, 6) is 0.588. The van der Waals surface area contributed by atoms with Crippen LogP contribution in [0.15, 0.2) is 182 Å². The standard InChI is InChI=1S/C48H30N4/c1-3-11-32(12-4-1)45-30-46(33-13-5-2-6-14-33)52-48(51-45)42-27-25-35-20-23-38(29-44(35)50-42)41-26-24-34-19-22-37(28-43(34)49-41)40-17-9-15-36-21-18-31-10-7-8-16-39(31)47(36)40/h1-30H. The van der Waals surface area contributed by atoms with Crippen molar-refractivity contribution in [3.05, 3.63) is 182 Å². The number of hydrogen-bond donors (Lipinski definition) is 0. The molecule has 10 aromatic rings. The van der Waals surface area contributed by atoms with Crippen LogP contribution in [0.4, 0.5) is 0 Å². The van der Waals surface area contributed by atoms with Crippen molar-refractivity contribution in [2.75, 3.05) is 0 Å². The van der Waals surface area contributed by atoms with Gasteiger partial charge in [0.1, 0.15) is 5.69 Å². The molecule has 0 atom stereocenters. The highest BCUT2D eigenvalue weighted by molar-refractivity contribution is 6.14. The second kappa shape index (κ2) is 12.4. The molecule has 0 aliphatic heterocycles. The summed E-state index contributed by atoms with van der Waals surface area (Å²) in [6, 6.07) is 63.4. The number of rotatable bonds is 5. The van der Waals surface area contributed by atoms with Gasteiger partial charge in [0.25, 0.3) is 0 Å². The molecule has 10 rings (SSSR count). The summed E-state index contributed by atoms with van der Waals surface area (Å²) in [5, 5.41) is 7.14. The summed E-state index contributed by atoms with van der Waals surface area (Å²) >= 11 is 0. The van der Waals surface area contributed by atoms with E-state index in [0.29, 0.717) is 5.82 Å². The first kappa shape index (κ1) is 29.8. The third kappa shape index (κ3) is 5.34. The molecule has 4 nitrogen and oxygen atoms in total. The largest absolute Gasteiger partial charge is 0.248 e. The third-order valence-corrected chi connectivity index (χ3v) is 9.85. The maximum Gasteiger partial charge on any atom is 0.179 e. The van der Waals surface area contributed by atoms with Gasteiger partial charge in [-0.25, -0.2) is 19.9 Å². The topological polar surface area (TPSA) is 51.6 Å². The molecular weight excluding hydrogens is 633 g/mol. The summed E-state index contributed by atoms with van der Waals surface area (Å²) in [7, 11) is 0. The van der Waals surface area contributed by atoms with E-state index in [1.807, 2.05) is 48.5 Å². The molecule has 3 heterocycles. The molecule has 0 aliphatic carbocycles. The number of nitrogens with zero attached hydrogens (tertiary/aromatic N) is 4. The van der Waals surface area contributed by atoms with Crippen molar-refractivity contribution in [1.82, 2.24) is 19.9 Å². The van der Waals surface area contributed by atoms with Crippen molar-refractivity contribution in [3.63, 3.8) is 0 Å². The lowest BCUT2D eigenvalue weighted by Gasteiger charge is -2.12. The fourth-order valence-electron chi connectivity index (χ4n) is 7.22. The van der Waals surface area contributed by atoms with Crippen molar-refractivity contribution in [2.24, 2.45) is 0 Å². The Morgan fingerprint density at radius 3 is 1.56 bits per heavy atom. The lowest BCUT2D eigenvalue weighted by atomic mass is 9.93. The summed E-state index contributed by atoms with van der Waals surface area (Å²) in [5.41, 5.74) is 10.6. The summed E-state index contributed by atoms with van der Waals surface area (Å²) in [6.07, 6.45) is 0. The molecule has 0 N–H and O–H groups in total. The first-order valence-electron chi connectivity index (χ1n) is 17.5. The van der Waals surface area contributed by atoms with E-state index < -0.39 is 0 Å². The van der Waals surface area contributed by atoms with Crippen LogP contribution in [0, 0.1) is 0 Å². The zero-order chi connectivity index (χ0) is 34.4. The Hall–Kier alpha value is -7.04. The molecule has 3 aromatic heterocycles. The summed E-state index contributed by atoms with van der Waals surface area (Å²) in [4.78, 5) is 20.3. The maximum atomic E-state index is 5.20. The smallest absolute Gasteiger partial charge is 0.179 e. The molecule has 52 heavy (non-hydrogen) atoms. The van der Waals surface area contributed by atoms with E-state index in [1.165, 1.54) is 27.1 Å². The Balaban J connectivity index is 1.06. The van der Waals surface area contributed by atoms with Crippen LogP contribution in [-0.4, -0.2) is 19.9 Å². The van der Waals surface area contributed by atoms with Crippen molar-refractivity contribution in [1.29, 1.82) is 0 Å². The van der Waals surface area contributed by atoms with E-state index in [-0.39, 0.29) is 0 Å². The molecule has 0 amide bonds. The highest BCUT2D eigenvalue weighted by atomic mass is 14.9. The number of pyridine rings is 2. The van der Waals surface area contributed by atoms with Gasteiger partial charge >= 0.3 is 0 Å². The van der Waals surface area contributed by atoms with E-state index >= 15 is 0 Å². The van der Waals surface area contributed by atoms with E-state index in [0.717, 1.165) is 66.8 Å². The van der Waals surface area contributed by atoms with Crippen LogP contribution in [0.2, 0.25) is 0 Å². The number of hydrogen-bond acceptors (Lipinski definition) is 4. The number of benzene rings is 7. The molecule has 0 radical (unpaired) electrons. The summed E-state index contributed by atoms with van der Waals surface area (Å²) in [6.45, 7) is 0. The van der Waals surface area contributed by atoms with E-state index in [9.17, 15) is 0 Å². The van der Waals surface area contributed by atoms with E-state index in [1.54, 1.807) is 0 Å². The minimum Gasteiger partial charge on any atom is -0.248 e. The Morgan fingerprint density at radius 2 is 0.827 bits per heavy atom. The average Bonchev–Trinajstić information content (AvgIpc) is 3.23. The molecule has 0 aliphatic rings. The first-order valence-corrected chi connectivity index (χ1v) is 17.5. The van der Waals surface area contributed by atoms with Crippen molar-refractivity contribution in [3.8, 4) is 56.4 Å². The van der Waals surface area contributed by atoms with Crippen molar-refractivity contribution in [2.45, 2.75) is 0 Å². The van der Waals surface area contributed by atoms with Crippen LogP contribution in [0.1, 0.15) is 0 Å². The second-order valence-corrected chi connectivity index (χ2v) is 13.1. The molecule has 0 unspecified atom stereocenters. The predicted octanol–water partition coefficient (Wildman–Crippen LogP) is 12.2. The number of fused-ring (bicyclic) bond motifs is 5. The van der Waals surface area contributed by atoms with Gasteiger partial charge in [0.15, 0.2) is 5.82 Å². The monoisotopic (exact) mass is 662 g/mol. The van der Waals surface area contributed by atoms with E-state index in [4.69, 9.17) is 19.9 Å². The van der Waals surface area contributed by atoms with Crippen LogP contribution in [0.25, 0.3) is 99.8 Å². The zero-order valence-electron chi connectivity index (χ0n) is 28.1. The van der Waals surface area contributed by atoms with Gasteiger partial charge in [0.05, 0.1) is 28.1 Å². The first-order chi connectivity index (χ1) is 25.7. The third-order valence-electron chi connectivity index (χ3n) is 9.85. The quantitative estimate of drug-likeness (QED) is 0.172. The van der Waals surface area contributed by atoms with Gasteiger partial charge in [-0.2, -0.15) is 0 Å². The number of aromatic nitrogens is 4. The summed E-state index contributed by atoms with van der Waals surface area (Å²) < 4.78 is 0. The van der Waals surface area contributed by atoms with Crippen LogP contribution in [-0.2, 0) is 0 Å².